The fourth-order valence-corrected chi connectivity index (χ4v) is 4.76. The van der Waals surface area contributed by atoms with Crippen LogP contribution >= 0.6 is 0 Å². The Hall–Kier alpha value is -1.43. The third-order valence-corrected chi connectivity index (χ3v) is 6.69. The molecule has 5 nitrogen and oxygen atoms in total. The van der Waals surface area contributed by atoms with E-state index in [1.165, 1.54) is 64.0 Å². The summed E-state index contributed by atoms with van der Waals surface area (Å²) in [6.45, 7) is 7.30. The van der Waals surface area contributed by atoms with Gasteiger partial charge in [-0.15, -0.1) is 0 Å². The minimum atomic E-state index is 0.173. The molecule has 0 aliphatic carbocycles. The number of ether oxygens (including phenoxy) is 1. The Morgan fingerprint density at radius 2 is 1.79 bits per heavy atom. The number of carbonyl (C=O) groups excluding carboxylic acids is 1. The molecule has 0 radical (unpaired) electrons. The Balaban J connectivity index is 1.27. The van der Waals surface area contributed by atoms with Gasteiger partial charge in [-0.25, -0.2) is 0 Å². The van der Waals surface area contributed by atoms with Crippen LogP contribution in [0.4, 0.5) is 0 Å². The van der Waals surface area contributed by atoms with Gasteiger partial charge >= 0.3 is 0 Å². The summed E-state index contributed by atoms with van der Waals surface area (Å²) in [5, 5.41) is 2.93. The molecule has 0 unspecified atom stereocenters. The summed E-state index contributed by atoms with van der Waals surface area (Å²) in [5.41, 5.74) is 1.45. The Kier molecular flexibility index (Phi) is 9.45. The van der Waals surface area contributed by atoms with E-state index < -0.39 is 0 Å². The molecule has 2 aliphatic rings. The second-order valence-corrected chi connectivity index (χ2v) is 8.67. The highest BCUT2D eigenvalue weighted by molar-refractivity contribution is 5.75. The van der Waals surface area contributed by atoms with E-state index in [4.69, 9.17) is 4.74 Å². The molecular weight excluding hydrogens is 362 g/mol. The highest BCUT2D eigenvalue weighted by Crippen LogP contribution is 2.26. The number of carbonyl (C=O) groups is 1. The van der Waals surface area contributed by atoms with E-state index in [0.717, 1.165) is 18.9 Å². The highest BCUT2D eigenvalue weighted by Gasteiger charge is 2.28. The number of benzene rings is 1. The quantitative estimate of drug-likeness (QED) is 0.612. The first-order chi connectivity index (χ1) is 14.2. The summed E-state index contributed by atoms with van der Waals surface area (Å²) in [6.07, 6.45) is 7.97. The van der Waals surface area contributed by atoms with E-state index in [1.807, 2.05) is 0 Å². The second kappa shape index (κ2) is 12.3. The van der Waals surface area contributed by atoms with Gasteiger partial charge in [0.15, 0.2) is 0 Å². The Morgan fingerprint density at radius 1 is 1.07 bits per heavy atom. The summed E-state index contributed by atoms with van der Waals surface area (Å²) >= 11 is 0. The van der Waals surface area contributed by atoms with Gasteiger partial charge in [-0.1, -0.05) is 30.3 Å². The number of nitrogens with one attached hydrogen (secondary N) is 1. The third-order valence-electron chi connectivity index (χ3n) is 6.69. The van der Waals surface area contributed by atoms with Gasteiger partial charge in [-0.3, -0.25) is 4.79 Å². The molecule has 1 amide bonds. The number of methoxy groups -OCH3 is 1. The molecule has 1 aromatic carbocycles. The van der Waals surface area contributed by atoms with Crippen LogP contribution in [0.5, 0.6) is 0 Å². The molecule has 0 saturated carbocycles. The van der Waals surface area contributed by atoms with Crippen molar-refractivity contribution in [2.24, 2.45) is 5.92 Å². The van der Waals surface area contributed by atoms with Crippen molar-refractivity contribution in [1.29, 1.82) is 0 Å². The van der Waals surface area contributed by atoms with Crippen molar-refractivity contribution in [3.63, 3.8) is 0 Å². The SMILES string of the molecule is COCCNC(=O)CCC1CCN(C2CCN(CCc3ccccc3)CC2)CC1. The van der Waals surface area contributed by atoms with Crippen LogP contribution in [0.25, 0.3) is 0 Å². The maximum atomic E-state index is 11.9. The van der Waals surface area contributed by atoms with Crippen molar-refractivity contribution in [2.75, 3.05) is 53.0 Å². The van der Waals surface area contributed by atoms with Gasteiger partial charge in [0.1, 0.15) is 0 Å². The van der Waals surface area contributed by atoms with E-state index >= 15 is 0 Å². The smallest absolute Gasteiger partial charge is 0.220 e. The monoisotopic (exact) mass is 401 g/mol. The predicted molar refractivity (Wildman–Crippen MR) is 118 cm³/mol. The summed E-state index contributed by atoms with van der Waals surface area (Å²) in [7, 11) is 1.66. The Morgan fingerprint density at radius 3 is 2.48 bits per heavy atom. The zero-order valence-corrected chi connectivity index (χ0v) is 18.2. The fraction of sp³-hybridized carbons (Fsp3) is 0.708. The first-order valence-electron chi connectivity index (χ1n) is 11.5. The second-order valence-electron chi connectivity index (χ2n) is 8.67. The minimum absolute atomic E-state index is 0.173. The Labute approximate surface area is 176 Å². The van der Waals surface area contributed by atoms with Crippen LogP contribution in [0.3, 0.4) is 0 Å². The van der Waals surface area contributed by atoms with Gasteiger partial charge in [0.25, 0.3) is 0 Å². The molecule has 2 saturated heterocycles. The topological polar surface area (TPSA) is 44.8 Å². The molecule has 2 aliphatic heterocycles. The lowest BCUT2D eigenvalue weighted by molar-refractivity contribution is -0.121. The van der Waals surface area contributed by atoms with Crippen molar-refractivity contribution in [2.45, 2.75) is 51.0 Å². The van der Waals surface area contributed by atoms with Gasteiger partial charge < -0.3 is 19.9 Å². The predicted octanol–water partition coefficient (Wildman–Crippen LogP) is 2.95. The summed E-state index contributed by atoms with van der Waals surface area (Å²) < 4.78 is 4.97. The van der Waals surface area contributed by atoms with Gasteiger partial charge in [-0.2, -0.15) is 0 Å². The van der Waals surface area contributed by atoms with E-state index in [-0.39, 0.29) is 5.91 Å². The molecular formula is C24H39N3O2. The normalized spacial score (nSPS) is 20.0. The van der Waals surface area contributed by atoms with Crippen LogP contribution in [0, 0.1) is 5.92 Å². The van der Waals surface area contributed by atoms with Gasteiger partial charge in [0.2, 0.25) is 5.91 Å². The van der Waals surface area contributed by atoms with Crippen LogP contribution in [0.2, 0.25) is 0 Å². The molecule has 0 spiro atoms. The number of amides is 1. The van der Waals surface area contributed by atoms with Crippen molar-refractivity contribution in [3.8, 4) is 0 Å². The van der Waals surface area contributed by atoms with Crippen LogP contribution < -0.4 is 5.32 Å². The van der Waals surface area contributed by atoms with Crippen molar-refractivity contribution < 1.29 is 9.53 Å². The molecule has 162 valence electrons. The number of likely N-dealkylation sites (tertiary alicyclic amines) is 2. The molecule has 1 aromatic rings. The lowest BCUT2D eigenvalue weighted by atomic mass is 9.90. The highest BCUT2D eigenvalue weighted by atomic mass is 16.5. The number of hydrogen-bond donors (Lipinski definition) is 1. The van der Waals surface area contributed by atoms with Crippen molar-refractivity contribution in [1.82, 2.24) is 15.1 Å². The molecule has 0 atom stereocenters. The Bertz CT molecular complexity index is 579. The molecule has 0 aromatic heterocycles. The van der Waals surface area contributed by atoms with Crippen molar-refractivity contribution >= 4 is 5.91 Å². The molecule has 3 rings (SSSR count). The van der Waals surface area contributed by atoms with E-state index in [1.54, 1.807) is 7.11 Å². The van der Waals surface area contributed by atoms with Crippen LogP contribution in [0.1, 0.15) is 44.1 Å². The molecule has 2 heterocycles. The van der Waals surface area contributed by atoms with Crippen LogP contribution in [-0.4, -0.2) is 74.7 Å². The maximum absolute atomic E-state index is 11.9. The summed E-state index contributed by atoms with van der Waals surface area (Å²) in [5.74, 6) is 0.887. The third kappa shape index (κ3) is 7.72. The number of piperidine rings is 2. The van der Waals surface area contributed by atoms with Crippen LogP contribution in [-0.2, 0) is 16.0 Å². The molecule has 29 heavy (non-hydrogen) atoms. The van der Waals surface area contributed by atoms with E-state index in [0.29, 0.717) is 25.5 Å². The minimum Gasteiger partial charge on any atom is -0.383 e. The number of rotatable bonds is 10. The average Bonchev–Trinajstić information content (AvgIpc) is 2.78. The fourth-order valence-electron chi connectivity index (χ4n) is 4.76. The van der Waals surface area contributed by atoms with Gasteiger partial charge in [0.05, 0.1) is 6.61 Å². The summed E-state index contributed by atoms with van der Waals surface area (Å²) in [6, 6.07) is 11.6. The molecule has 5 heteroatoms. The van der Waals surface area contributed by atoms with E-state index in [9.17, 15) is 4.79 Å². The van der Waals surface area contributed by atoms with Gasteiger partial charge in [-0.05, 0) is 76.2 Å². The maximum Gasteiger partial charge on any atom is 0.220 e. The van der Waals surface area contributed by atoms with Gasteiger partial charge in [0, 0.05) is 32.7 Å². The molecule has 0 bridgehead atoms. The lowest BCUT2D eigenvalue weighted by Crippen LogP contribution is -2.48. The zero-order chi connectivity index (χ0) is 20.3. The largest absolute Gasteiger partial charge is 0.383 e. The molecule has 1 N–H and O–H groups in total. The molecule has 2 fully saturated rings. The average molecular weight is 402 g/mol. The number of hydrogen-bond acceptors (Lipinski definition) is 4. The number of nitrogens with zero attached hydrogens (tertiary/aromatic N) is 2. The first kappa shape index (κ1) is 22.3. The van der Waals surface area contributed by atoms with E-state index in [2.05, 4.69) is 45.4 Å². The first-order valence-corrected chi connectivity index (χ1v) is 11.5. The lowest BCUT2D eigenvalue weighted by Gasteiger charge is -2.42. The van der Waals surface area contributed by atoms with Crippen LogP contribution in [0.15, 0.2) is 30.3 Å². The standard InChI is InChI=1S/C24H39N3O2/c1-29-20-14-25-24(28)8-7-22-10-18-27(19-11-22)23-12-16-26(17-13-23)15-9-21-5-3-2-4-6-21/h2-6,22-23H,7-20H2,1H3,(H,25,28). The summed E-state index contributed by atoms with van der Waals surface area (Å²) in [4.78, 5) is 17.2. The zero-order valence-electron chi connectivity index (χ0n) is 18.2. The van der Waals surface area contributed by atoms with Crippen molar-refractivity contribution in [3.05, 3.63) is 35.9 Å².